The lowest BCUT2D eigenvalue weighted by Gasteiger charge is -2.55. The van der Waals surface area contributed by atoms with E-state index in [2.05, 4.69) is 46.9 Å². The molecular weight excluding hydrogens is 328 g/mol. The van der Waals surface area contributed by atoms with E-state index >= 15 is 0 Å². The lowest BCUT2D eigenvalue weighted by molar-refractivity contribution is -0.122. The second-order valence-electron chi connectivity index (χ2n) is 10.4. The third-order valence-electron chi connectivity index (χ3n) is 7.57. The molecule has 3 nitrogen and oxygen atoms in total. The molecule has 2 saturated carbocycles. The van der Waals surface area contributed by atoms with Crippen molar-refractivity contribution in [3.8, 4) is 0 Å². The molecule has 0 aromatic carbocycles. The van der Waals surface area contributed by atoms with E-state index in [4.69, 9.17) is 4.43 Å². The van der Waals surface area contributed by atoms with Crippen LogP contribution in [0.1, 0.15) is 66.2 Å². The maximum Gasteiger partial charge on any atom is 0.192 e. The molecule has 0 saturated heterocycles. The molecule has 0 heterocycles. The molecule has 2 bridgehead atoms. The van der Waals surface area contributed by atoms with Crippen molar-refractivity contribution in [3.63, 3.8) is 0 Å². The summed E-state index contributed by atoms with van der Waals surface area (Å²) >= 11 is 0. The van der Waals surface area contributed by atoms with Crippen LogP contribution in [0.15, 0.2) is 11.6 Å². The van der Waals surface area contributed by atoms with Crippen molar-refractivity contribution in [2.24, 2.45) is 17.3 Å². The third kappa shape index (κ3) is 3.30. The van der Waals surface area contributed by atoms with Crippen molar-refractivity contribution >= 4 is 14.1 Å². The normalized spacial score (nSPS) is 39.5. The van der Waals surface area contributed by atoms with Gasteiger partial charge in [-0.1, -0.05) is 39.3 Å². The fourth-order valence-corrected chi connectivity index (χ4v) is 6.42. The van der Waals surface area contributed by atoms with Crippen molar-refractivity contribution in [1.82, 2.24) is 0 Å². The highest BCUT2D eigenvalue weighted by atomic mass is 28.4. The van der Waals surface area contributed by atoms with Gasteiger partial charge in [-0.15, -0.1) is 0 Å². The van der Waals surface area contributed by atoms with Crippen molar-refractivity contribution in [2.75, 3.05) is 0 Å². The minimum atomic E-state index is -1.92. The predicted octanol–water partition coefficient (Wildman–Crippen LogP) is 4.85. The summed E-state index contributed by atoms with van der Waals surface area (Å²) in [6.07, 6.45) is 7.16. The molecule has 1 spiro atoms. The first-order chi connectivity index (χ1) is 11.5. The molecule has 2 fully saturated rings. The highest BCUT2D eigenvalue weighted by Gasteiger charge is 2.56. The Morgan fingerprint density at radius 1 is 1.24 bits per heavy atom. The largest absolute Gasteiger partial charge is 0.413 e. The number of fused-ring (bicyclic) bond motifs is 1. The van der Waals surface area contributed by atoms with E-state index in [0.717, 1.165) is 25.7 Å². The quantitative estimate of drug-likeness (QED) is 0.562. The van der Waals surface area contributed by atoms with Crippen molar-refractivity contribution in [1.29, 1.82) is 0 Å². The SMILES string of the molecule is C[C@@H]1CC23CC(=O)CCC(CCC2=C[C@H]1O)C3O[Si](C)(C)C(C)(C)C. The molecule has 25 heavy (non-hydrogen) atoms. The maximum absolute atomic E-state index is 12.6. The molecule has 3 rings (SSSR count). The number of hydrogen-bond donors (Lipinski definition) is 1. The van der Waals surface area contributed by atoms with E-state index in [1.54, 1.807) is 0 Å². The number of ketones is 1. The Labute approximate surface area is 154 Å². The summed E-state index contributed by atoms with van der Waals surface area (Å²) in [6, 6.07) is 0. The predicted molar refractivity (Wildman–Crippen MR) is 104 cm³/mol. The Morgan fingerprint density at radius 3 is 2.52 bits per heavy atom. The van der Waals surface area contributed by atoms with Crippen molar-refractivity contribution in [2.45, 2.75) is 96.6 Å². The van der Waals surface area contributed by atoms with E-state index in [9.17, 15) is 9.90 Å². The number of aliphatic hydroxyl groups excluding tert-OH is 1. The standard InChI is InChI=1S/C21H36O3Si/c1-14-12-21-13-17(22)10-8-15(7-9-16(21)11-18(14)23)19(21)24-25(5,6)20(2,3)4/h11,14-15,18-19,23H,7-10,12-13H2,1-6H3/t14-,15?,18-,19?,21?/m1/s1. The van der Waals surface area contributed by atoms with Gasteiger partial charge in [-0.05, 0) is 55.7 Å². The van der Waals surface area contributed by atoms with Gasteiger partial charge >= 0.3 is 0 Å². The molecule has 0 aliphatic heterocycles. The van der Waals surface area contributed by atoms with Gasteiger partial charge in [0, 0.05) is 18.3 Å². The number of carbonyl (C=O) groups excluding carboxylic acids is 1. The maximum atomic E-state index is 12.6. The summed E-state index contributed by atoms with van der Waals surface area (Å²) in [4.78, 5) is 12.6. The molecule has 5 atom stereocenters. The second kappa shape index (κ2) is 6.31. The Bertz CT molecular complexity index is 574. The first kappa shape index (κ1) is 19.3. The van der Waals surface area contributed by atoms with Gasteiger partial charge in [-0.3, -0.25) is 4.79 Å². The van der Waals surface area contributed by atoms with Crippen LogP contribution >= 0.6 is 0 Å². The van der Waals surface area contributed by atoms with E-state index < -0.39 is 8.32 Å². The zero-order valence-corrected chi connectivity index (χ0v) is 17.9. The average molecular weight is 365 g/mol. The van der Waals surface area contributed by atoms with E-state index in [-0.39, 0.29) is 28.6 Å². The van der Waals surface area contributed by atoms with Gasteiger partial charge in [0.25, 0.3) is 0 Å². The molecule has 142 valence electrons. The Morgan fingerprint density at radius 2 is 1.88 bits per heavy atom. The van der Waals surface area contributed by atoms with Crippen molar-refractivity contribution < 1.29 is 14.3 Å². The van der Waals surface area contributed by atoms with E-state index in [1.165, 1.54) is 5.57 Å². The monoisotopic (exact) mass is 364 g/mol. The summed E-state index contributed by atoms with van der Waals surface area (Å²) in [5, 5.41) is 10.6. The third-order valence-corrected chi connectivity index (χ3v) is 12.0. The van der Waals surface area contributed by atoms with Gasteiger partial charge in [0.2, 0.25) is 0 Å². The smallest absolute Gasteiger partial charge is 0.192 e. The number of aliphatic hydroxyl groups is 1. The molecule has 3 unspecified atom stereocenters. The van der Waals surface area contributed by atoms with Crippen LogP contribution in [0.3, 0.4) is 0 Å². The molecule has 3 aliphatic rings. The minimum Gasteiger partial charge on any atom is -0.413 e. The fourth-order valence-electron chi connectivity index (χ4n) is 5.01. The van der Waals surface area contributed by atoms with Crippen LogP contribution in [-0.4, -0.2) is 31.4 Å². The lowest BCUT2D eigenvalue weighted by atomic mass is 9.57. The first-order valence-electron chi connectivity index (χ1n) is 10.0. The number of rotatable bonds is 2. The first-order valence-corrected chi connectivity index (χ1v) is 13.0. The summed E-state index contributed by atoms with van der Waals surface area (Å²) in [6.45, 7) is 13.7. The topological polar surface area (TPSA) is 46.5 Å². The van der Waals surface area contributed by atoms with E-state index in [0.29, 0.717) is 24.5 Å². The zero-order chi connectivity index (χ0) is 18.6. The Kier molecular flexibility index (Phi) is 4.88. The van der Waals surface area contributed by atoms with Gasteiger partial charge in [0.05, 0.1) is 12.2 Å². The molecule has 0 radical (unpaired) electrons. The van der Waals surface area contributed by atoms with Crippen LogP contribution in [0.5, 0.6) is 0 Å². The van der Waals surface area contributed by atoms with Crippen LogP contribution in [0.25, 0.3) is 0 Å². The fraction of sp³-hybridized carbons (Fsp3) is 0.857. The molecule has 0 amide bonds. The summed E-state index contributed by atoms with van der Waals surface area (Å²) in [5.41, 5.74) is 1.15. The zero-order valence-electron chi connectivity index (χ0n) is 16.9. The molecule has 0 aromatic heterocycles. The molecule has 3 aliphatic carbocycles. The van der Waals surface area contributed by atoms with Crippen LogP contribution in [0.2, 0.25) is 18.1 Å². The van der Waals surface area contributed by atoms with Gasteiger partial charge in [0.1, 0.15) is 5.78 Å². The van der Waals surface area contributed by atoms with Gasteiger partial charge < -0.3 is 9.53 Å². The van der Waals surface area contributed by atoms with Gasteiger partial charge in [-0.25, -0.2) is 0 Å². The highest BCUT2D eigenvalue weighted by Crippen LogP contribution is 2.58. The van der Waals surface area contributed by atoms with Crippen LogP contribution in [0, 0.1) is 17.3 Å². The lowest BCUT2D eigenvalue weighted by Crippen LogP contribution is -2.56. The molecule has 4 heteroatoms. The molecule has 1 N–H and O–H groups in total. The summed E-state index contributed by atoms with van der Waals surface area (Å²) in [5.74, 6) is 1.07. The molecular formula is C21H36O3Si. The average Bonchev–Trinajstić information content (AvgIpc) is 2.54. The number of hydrogen-bond acceptors (Lipinski definition) is 3. The Hall–Kier alpha value is -0.453. The summed E-state index contributed by atoms with van der Waals surface area (Å²) < 4.78 is 7.05. The Balaban J connectivity index is 2.05. The van der Waals surface area contributed by atoms with Crippen LogP contribution in [0.4, 0.5) is 0 Å². The number of Topliss-reactive ketones (excluding diaryl/α,β-unsaturated/α-hetero) is 1. The van der Waals surface area contributed by atoms with Crippen molar-refractivity contribution in [3.05, 3.63) is 11.6 Å². The van der Waals surface area contributed by atoms with Gasteiger partial charge in [-0.2, -0.15) is 0 Å². The van der Waals surface area contributed by atoms with Crippen LogP contribution < -0.4 is 0 Å². The van der Waals surface area contributed by atoms with Crippen LogP contribution in [-0.2, 0) is 9.22 Å². The molecule has 0 aromatic rings. The highest BCUT2D eigenvalue weighted by molar-refractivity contribution is 6.74. The van der Waals surface area contributed by atoms with E-state index in [1.807, 2.05) is 0 Å². The second-order valence-corrected chi connectivity index (χ2v) is 15.1. The van der Waals surface area contributed by atoms with Gasteiger partial charge in [0.15, 0.2) is 8.32 Å². The number of carbonyl (C=O) groups is 1. The summed E-state index contributed by atoms with van der Waals surface area (Å²) in [7, 11) is -1.92. The minimum absolute atomic E-state index is 0.148.